The number of hydrogen-bond donors (Lipinski definition) is 2. The van der Waals surface area contributed by atoms with Gasteiger partial charge in [0.1, 0.15) is 6.04 Å². The summed E-state index contributed by atoms with van der Waals surface area (Å²) in [7, 11) is 1.90. The first-order valence-corrected chi connectivity index (χ1v) is 9.61. The summed E-state index contributed by atoms with van der Waals surface area (Å²) in [5.41, 5.74) is 4.37. The van der Waals surface area contributed by atoms with E-state index in [1.807, 2.05) is 30.1 Å². The number of fused-ring (bicyclic) bond motifs is 3. The highest BCUT2D eigenvalue weighted by Crippen LogP contribution is 2.36. The first kappa shape index (κ1) is 17.4. The van der Waals surface area contributed by atoms with E-state index in [4.69, 9.17) is 0 Å². The SMILES string of the molecule is CN1C(=O)C2CCNN2C2CCC(C(=O)NCCc3ccccn3)CC21. The zero-order valence-electron chi connectivity index (χ0n) is 15.2. The highest BCUT2D eigenvalue weighted by Gasteiger charge is 2.50. The van der Waals surface area contributed by atoms with Crippen molar-refractivity contribution in [1.82, 2.24) is 25.6 Å². The van der Waals surface area contributed by atoms with E-state index in [2.05, 4.69) is 20.7 Å². The first-order chi connectivity index (χ1) is 12.6. The molecule has 7 nitrogen and oxygen atoms in total. The van der Waals surface area contributed by atoms with E-state index in [0.717, 1.165) is 44.3 Å². The van der Waals surface area contributed by atoms with Crippen molar-refractivity contribution in [3.8, 4) is 0 Å². The fourth-order valence-corrected chi connectivity index (χ4v) is 4.68. The minimum Gasteiger partial charge on any atom is -0.355 e. The lowest BCUT2D eigenvalue weighted by Crippen LogP contribution is -2.67. The van der Waals surface area contributed by atoms with Crippen molar-refractivity contribution in [3.05, 3.63) is 30.1 Å². The van der Waals surface area contributed by atoms with Crippen molar-refractivity contribution in [2.24, 2.45) is 5.92 Å². The molecule has 1 aliphatic carbocycles. The van der Waals surface area contributed by atoms with Gasteiger partial charge in [-0.25, -0.2) is 5.01 Å². The third-order valence-electron chi connectivity index (χ3n) is 6.09. The van der Waals surface area contributed by atoms with E-state index in [-0.39, 0.29) is 29.8 Å². The second kappa shape index (κ2) is 7.32. The molecule has 2 amide bonds. The number of hydrazine groups is 1. The molecule has 26 heavy (non-hydrogen) atoms. The second-order valence-electron chi connectivity index (χ2n) is 7.58. The molecule has 0 bridgehead atoms. The molecular weight excluding hydrogens is 330 g/mol. The molecule has 0 aromatic carbocycles. The van der Waals surface area contributed by atoms with Crippen LogP contribution in [0.1, 0.15) is 31.4 Å². The number of rotatable bonds is 4. The molecular formula is C19H27N5O2. The zero-order valence-corrected chi connectivity index (χ0v) is 15.2. The molecule has 2 N–H and O–H groups in total. The van der Waals surface area contributed by atoms with Gasteiger partial charge in [0.05, 0.1) is 0 Å². The zero-order chi connectivity index (χ0) is 18.1. The van der Waals surface area contributed by atoms with Crippen LogP contribution in [0.3, 0.4) is 0 Å². The molecule has 1 aromatic rings. The lowest BCUT2D eigenvalue weighted by molar-refractivity contribution is -0.153. The van der Waals surface area contributed by atoms with Crippen LogP contribution in [0.2, 0.25) is 0 Å². The third kappa shape index (κ3) is 3.21. The van der Waals surface area contributed by atoms with Gasteiger partial charge in [-0.15, -0.1) is 0 Å². The van der Waals surface area contributed by atoms with Crippen molar-refractivity contribution in [2.45, 2.75) is 50.2 Å². The van der Waals surface area contributed by atoms with Crippen molar-refractivity contribution in [2.75, 3.05) is 20.1 Å². The number of nitrogens with one attached hydrogen (secondary N) is 2. The molecule has 2 saturated heterocycles. The van der Waals surface area contributed by atoms with Gasteiger partial charge in [-0.1, -0.05) is 6.07 Å². The van der Waals surface area contributed by atoms with E-state index >= 15 is 0 Å². The number of aromatic nitrogens is 1. The minimum absolute atomic E-state index is 0.0191. The van der Waals surface area contributed by atoms with Crippen LogP contribution < -0.4 is 10.7 Å². The Kier molecular flexibility index (Phi) is 4.91. The van der Waals surface area contributed by atoms with E-state index in [0.29, 0.717) is 12.6 Å². The molecule has 1 aromatic heterocycles. The Balaban J connectivity index is 1.33. The van der Waals surface area contributed by atoms with Crippen LogP contribution in [0.25, 0.3) is 0 Å². The van der Waals surface area contributed by atoms with Crippen molar-refractivity contribution < 1.29 is 9.59 Å². The molecule has 140 valence electrons. The van der Waals surface area contributed by atoms with Gasteiger partial charge in [0.25, 0.3) is 0 Å². The molecule has 7 heteroatoms. The molecule has 0 radical (unpaired) electrons. The van der Waals surface area contributed by atoms with E-state index in [1.165, 1.54) is 0 Å². The topological polar surface area (TPSA) is 77.6 Å². The molecule has 2 aliphatic heterocycles. The van der Waals surface area contributed by atoms with Crippen LogP contribution in [0.15, 0.2) is 24.4 Å². The maximum atomic E-state index is 12.6. The van der Waals surface area contributed by atoms with Gasteiger partial charge in [-0.05, 0) is 37.8 Å². The quantitative estimate of drug-likeness (QED) is 0.812. The summed E-state index contributed by atoms with van der Waals surface area (Å²) in [5, 5.41) is 5.23. The largest absolute Gasteiger partial charge is 0.355 e. The Bertz CT molecular complexity index is 667. The van der Waals surface area contributed by atoms with Gasteiger partial charge in [0, 0.05) is 56.5 Å². The number of carbonyl (C=O) groups excluding carboxylic acids is 2. The summed E-state index contributed by atoms with van der Waals surface area (Å²) < 4.78 is 0. The van der Waals surface area contributed by atoms with Gasteiger partial charge in [0.2, 0.25) is 11.8 Å². The van der Waals surface area contributed by atoms with Crippen LogP contribution >= 0.6 is 0 Å². The predicted molar refractivity (Wildman–Crippen MR) is 96.9 cm³/mol. The highest BCUT2D eigenvalue weighted by atomic mass is 16.2. The molecule has 4 atom stereocenters. The Labute approximate surface area is 154 Å². The Morgan fingerprint density at radius 1 is 1.31 bits per heavy atom. The van der Waals surface area contributed by atoms with E-state index < -0.39 is 0 Å². The Morgan fingerprint density at radius 2 is 2.19 bits per heavy atom. The van der Waals surface area contributed by atoms with E-state index in [9.17, 15) is 9.59 Å². The first-order valence-electron chi connectivity index (χ1n) is 9.61. The molecule has 4 unspecified atom stereocenters. The maximum absolute atomic E-state index is 12.6. The Morgan fingerprint density at radius 3 is 3.00 bits per heavy atom. The number of piperazine rings is 1. The van der Waals surface area contributed by atoms with Crippen LogP contribution in [0, 0.1) is 5.92 Å². The molecule has 4 rings (SSSR count). The molecule has 3 heterocycles. The third-order valence-corrected chi connectivity index (χ3v) is 6.09. The van der Waals surface area contributed by atoms with Gasteiger partial charge in [0.15, 0.2) is 0 Å². The van der Waals surface area contributed by atoms with Gasteiger partial charge in [-0.2, -0.15) is 0 Å². The number of nitrogens with zero attached hydrogens (tertiary/aromatic N) is 3. The number of likely N-dealkylation sites (N-methyl/N-ethyl adjacent to an activating group) is 1. The molecule has 3 fully saturated rings. The summed E-state index contributed by atoms with van der Waals surface area (Å²) >= 11 is 0. The van der Waals surface area contributed by atoms with Crippen LogP contribution in [0.5, 0.6) is 0 Å². The molecule has 3 aliphatic rings. The van der Waals surface area contributed by atoms with Crippen molar-refractivity contribution >= 4 is 11.8 Å². The lowest BCUT2D eigenvalue weighted by atomic mass is 9.79. The fraction of sp³-hybridized carbons (Fsp3) is 0.632. The summed E-state index contributed by atoms with van der Waals surface area (Å²) in [6.45, 7) is 1.47. The lowest BCUT2D eigenvalue weighted by Gasteiger charge is -2.50. The number of pyridine rings is 1. The van der Waals surface area contributed by atoms with E-state index in [1.54, 1.807) is 6.20 Å². The van der Waals surface area contributed by atoms with Gasteiger partial charge >= 0.3 is 0 Å². The number of carbonyl (C=O) groups is 2. The van der Waals surface area contributed by atoms with Crippen LogP contribution in [0.4, 0.5) is 0 Å². The summed E-state index contributed by atoms with van der Waals surface area (Å²) in [6.07, 6.45) is 5.96. The average Bonchev–Trinajstić information content (AvgIpc) is 3.16. The normalized spacial score (nSPS) is 31.4. The maximum Gasteiger partial charge on any atom is 0.241 e. The highest BCUT2D eigenvalue weighted by molar-refractivity contribution is 5.84. The number of hydrogen-bond acceptors (Lipinski definition) is 5. The molecule has 0 spiro atoms. The smallest absolute Gasteiger partial charge is 0.241 e. The standard InChI is InChI=1S/C19H27N5O2/c1-23-17-12-13(18(25)21-10-7-14-4-2-3-9-20-14)5-6-15(17)24-16(19(23)26)8-11-22-24/h2-4,9,13,15-17,22H,5-8,10-12H2,1H3,(H,21,25). The van der Waals surface area contributed by atoms with Crippen LogP contribution in [-0.2, 0) is 16.0 Å². The fourth-order valence-electron chi connectivity index (χ4n) is 4.68. The van der Waals surface area contributed by atoms with Crippen molar-refractivity contribution in [1.29, 1.82) is 0 Å². The summed E-state index contributed by atoms with van der Waals surface area (Å²) in [5.74, 6) is 0.276. The second-order valence-corrected chi connectivity index (χ2v) is 7.58. The van der Waals surface area contributed by atoms with Crippen molar-refractivity contribution in [3.63, 3.8) is 0 Å². The monoisotopic (exact) mass is 357 g/mol. The van der Waals surface area contributed by atoms with Gasteiger partial charge in [-0.3, -0.25) is 20.0 Å². The predicted octanol–water partition coefficient (Wildman–Crippen LogP) is 0.329. The average molecular weight is 357 g/mol. The van der Waals surface area contributed by atoms with Crippen LogP contribution in [-0.4, -0.2) is 65.0 Å². The molecule has 1 saturated carbocycles. The van der Waals surface area contributed by atoms with Gasteiger partial charge < -0.3 is 10.2 Å². The summed E-state index contributed by atoms with van der Waals surface area (Å²) in [6, 6.07) is 6.24. The Hall–Kier alpha value is -1.99. The number of amides is 2. The minimum atomic E-state index is -0.0231. The summed E-state index contributed by atoms with van der Waals surface area (Å²) in [4.78, 5) is 31.4.